The Morgan fingerprint density at radius 3 is 1.08 bits per heavy atom. The summed E-state index contributed by atoms with van der Waals surface area (Å²) >= 11 is 0. The molecule has 312 valence electrons. The highest BCUT2D eigenvalue weighted by atomic mass is 15.2. The van der Waals surface area contributed by atoms with E-state index in [0.717, 1.165) is 35.8 Å². The summed E-state index contributed by atoms with van der Waals surface area (Å²) in [4.78, 5) is 9.92. The van der Waals surface area contributed by atoms with Crippen molar-refractivity contribution in [2.45, 2.75) is 217 Å². The van der Waals surface area contributed by atoms with Gasteiger partial charge in [-0.25, -0.2) is 0 Å². The van der Waals surface area contributed by atoms with Crippen LogP contribution in [0.25, 0.3) is 0 Å². The van der Waals surface area contributed by atoms with Crippen LogP contribution in [0.1, 0.15) is 205 Å². The summed E-state index contributed by atoms with van der Waals surface area (Å²) in [6.45, 7) is 34.2. The maximum Gasteiger partial charge on any atom is 0.00983 e. The van der Waals surface area contributed by atoms with Gasteiger partial charge in [0.2, 0.25) is 0 Å². The van der Waals surface area contributed by atoms with E-state index in [4.69, 9.17) is 0 Å². The Hall–Kier alpha value is -0.160. The van der Waals surface area contributed by atoms with E-state index in [1.165, 1.54) is 161 Å². The van der Waals surface area contributed by atoms with E-state index in [-0.39, 0.29) is 0 Å². The zero-order valence-corrected chi connectivity index (χ0v) is 38.9. The first-order chi connectivity index (χ1) is 24.4. The largest absolute Gasteiger partial charge is 0.306 e. The van der Waals surface area contributed by atoms with Gasteiger partial charge in [0.15, 0.2) is 0 Å². The van der Waals surface area contributed by atoms with Gasteiger partial charge in [0.25, 0.3) is 0 Å². The van der Waals surface area contributed by atoms with Crippen LogP contribution >= 0.6 is 0 Å². The molecule has 4 nitrogen and oxygen atoms in total. The third kappa shape index (κ3) is 31.9. The summed E-state index contributed by atoms with van der Waals surface area (Å²) in [5.41, 5.74) is 0. The van der Waals surface area contributed by atoms with Crippen LogP contribution in [0.2, 0.25) is 0 Å². The van der Waals surface area contributed by atoms with E-state index in [1.807, 2.05) is 0 Å². The maximum atomic E-state index is 2.62. The van der Waals surface area contributed by atoms with Gasteiger partial charge in [0, 0.05) is 18.6 Å². The molecule has 5 aliphatic heterocycles. The zero-order valence-electron chi connectivity index (χ0n) is 38.9. The average Bonchev–Trinajstić information content (AvgIpc) is 3.31. The summed E-state index contributed by atoms with van der Waals surface area (Å²) in [5.74, 6) is 4.11. The molecule has 51 heavy (non-hydrogen) atoms. The standard InChI is InChI=1S/C10H19N.C9H19N.2C8H17N.4C3H8/c1-3-8-6-9-4-5-10(7-8)11(9)2;1-3-4-9-5-7-10(2)8-6-9;1-3-8-4-6-9(2)7-5-8;1-3-8-5-4-6-9(2)7-8;4*1-3-2/h8-10H,3-7H2,1-2H3;9H,3-8H2,1-2H3;2*8H,3-7H2,1-2H3;4*3H2,1-2H3. The van der Waals surface area contributed by atoms with Crippen molar-refractivity contribution in [1.29, 1.82) is 0 Å². The predicted octanol–water partition coefficient (Wildman–Crippen LogP) is 13.5. The van der Waals surface area contributed by atoms with Gasteiger partial charge in [-0.3, -0.25) is 0 Å². The number of likely N-dealkylation sites (tertiary alicyclic amines) is 3. The maximum absolute atomic E-state index is 2.62. The lowest BCUT2D eigenvalue weighted by molar-refractivity contribution is 0.132. The summed E-state index contributed by atoms with van der Waals surface area (Å²) in [7, 11) is 8.98. The first-order valence-corrected chi connectivity index (χ1v) is 23.2. The molecule has 3 unspecified atom stereocenters. The number of nitrogens with zero attached hydrogens (tertiary/aromatic N) is 4. The normalized spacial score (nSPS) is 25.4. The summed E-state index contributed by atoms with van der Waals surface area (Å²) in [6, 6.07) is 1.89. The second kappa shape index (κ2) is 39.5. The molecule has 0 aromatic rings. The van der Waals surface area contributed by atoms with Crippen molar-refractivity contribution >= 4 is 0 Å². The van der Waals surface area contributed by atoms with E-state index < -0.39 is 0 Å². The SMILES string of the molecule is CCC.CCC.CCC.CCC.CCC1CC2CCC(C1)N2C.CCC1CCCN(C)C1.CCC1CCN(C)CC1.CCCC1CCN(C)CC1. The Bertz CT molecular complexity index is 618. The van der Waals surface area contributed by atoms with E-state index in [2.05, 4.69) is 131 Å². The van der Waals surface area contributed by atoms with Crippen LogP contribution in [0, 0.1) is 23.7 Å². The van der Waals surface area contributed by atoms with Gasteiger partial charge in [0.05, 0.1) is 0 Å². The summed E-state index contributed by atoms with van der Waals surface area (Å²) in [6.07, 6.45) is 26.5. The molecule has 0 saturated carbocycles. The van der Waals surface area contributed by atoms with Gasteiger partial charge in [-0.05, 0) is 149 Å². The fourth-order valence-electron chi connectivity index (χ4n) is 7.69. The minimum atomic E-state index is 0.943. The third-order valence-electron chi connectivity index (χ3n) is 11.0. The van der Waals surface area contributed by atoms with Crippen LogP contribution in [0.3, 0.4) is 0 Å². The second-order valence-corrected chi connectivity index (χ2v) is 17.0. The molecule has 0 amide bonds. The highest BCUT2D eigenvalue weighted by Crippen LogP contribution is 2.38. The monoisotopic (exact) mass is 725 g/mol. The van der Waals surface area contributed by atoms with Gasteiger partial charge in [-0.15, -0.1) is 0 Å². The lowest BCUT2D eigenvalue weighted by atomic mass is 9.89. The fourth-order valence-corrected chi connectivity index (χ4v) is 7.69. The molecule has 3 atom stereocenters. The van der Waals surface area contributed by atoms with Crippen LogP contribution in [0.15, 0.2) is 0 Å². The molecule has 4 heteroatoms. The van der Waals surface area contributed by atoms with Crippen molar-refractivity contribution < 1.29 is 0 Å². The topological polar surface area (TPSA) is 13.0 Å². The van der Waals surface area contributed by atoms with E-state index >= 15 is 0 Å². The smallest absolute Gasteiger partial charge is 0.00983 e. The molecular formula is C47H104N4. The molecule has 0 radical (unpaired) electrons. The Morgan fingerprint density at radius 1 is 0.392 bits per heavy atom. The fraction of sp³-hybridized carbons (Fsp3) is 1.00. The minimum Gasteiger partial charge on any atom is -0.306 e. The lowest BCUT2D eigenvalue weighted by Gasteiger charge is -2.35. The Morgan fingerprint density at radius 2 is 0.765 bits per heavy atom. The van der Waals surface area contributed by atoms with Gasteiger partial charge >= 0.3 is 0 Å². The molecule has 5 fully saturated rings. The molecule has 5 aliphatic rings. The Labute approximate surface area is 327 Å². The third-order valence-corrected chi connectivity index (χ3v) is 11.0. The summed E-state index contributed by atoms with van der Waals surface area (Å²) < 4.78 is 0. The number of rotatable bonds is 5. The molecular weight excluding hydrogens is 621 g/mol. The molecule has 0 spiro atoms. The molecule has 5 saturated heterocycles. The van der Waals surface area contributed by atoms with Gasteiger partial charge in [-0.2, -0.15) is 0 Å². The zero-order chi connectivity index (χ0) is 39.5. The molecule has 0 aromatic carbocycles. The van der Waals surface area contributed by atoms with Crippen molar-refractivity contribution in [2.24, 2.45) is 23.7 Å². The van der Waals surface area contributed by atoms with E-state index in [1.54, 1.807) is 0 Å². The summed E-state index contributed by atoms with van der Waals surface area (Å²) in [5, 5.41) is 0. The van der Waals surface area contributed by atoms with Crippen molar-refractivity contribution in [3.05, 3.63) is 0 Å². The highest BCUT2D eigenvalue weighted by molar-refractivity contribution is 4.92. The Balaban J connectivity index is -0.000000547. The number of fused-ring (bicyclic) bond motifs is 2. The Kier molecular flexibility index (Phi) is 42.8. The molecule has 0 aliphatic carbocycles. The number of piperidine rings is 4. The quantitative estimate of drug-likeness (QED) is 0.280. The first-order valence-electron chi connectivity index (χ1n) is 23.2. The number of hydrogen-bond acceptors (Lipinski definition) is 4. The van der Waals surface area contributed by atoms with Gasteiger partial charge in [-0.1, -0.05) is 141 Å². The van der Waals surface area contributed by atoms with Crippen LogP contribution in [0.4, 0.5) is 0 Å². The molecule has 2 bridgehead atoms. The second-order valence-electron chi connectivity index (χ2n) is 17.0. The van der Waals surface area contributed by atoms with Crippen LogP contribution < -0.4 is 0 Å². The molecule has 0 aromatic heterocycles. The van der Waals surface area contributed by atoms with Crippen LogP contribution in [-0.2, 0) is 0 Å². The number of hydrogen-bond donors (Lipinski definition) is 0. The van der Waals surface area contributed by atoms with Crippen LogP contribution in [-0.4, -0.2) is 99.1 Å². The molecule has 0 N–H and O–H groups in total. The van der Waals surface area contributed by atoms with Crippen molar-refractivity contribution in [3.8, 4) is 0 Å². The van der Waals surface area contributed by atoms with Gasteiger partial charge in [0.1, 0.15) is 0 Å². The van der Waals surface area contributed by atoms with Gasteiger partial charge < -0.3 is 19.6 Å². The minimum absolute atomic E-state index is 0.943. The van der Waals surface area contributed by atoms with E-state index in [0.29, 0.717) is 0 Å². The lowest BCUT2D eigenvalue weighted by Crippen LogP contribution is -2.39. The van der Waals surface area contributed by atoms with Crippen LogP contribution in [0.5, 0.6) is 0 Å². The van der Waals surface area contributed by atoms with Crippen molar-refractivity contribution in [2.75, 3.05) is 67.5 Å². The predicted molar refractivity (Wildman–Crippen MR) is 238 cm³/mol. The average molecular weight is 725 g/mol. The highest BCUT2D eigenvalue weighted by Gasteiger charge is 2.37. The van der Waals surface area contributed by atoms with Crippen molar-refractivity contribution in [1.82, 2.24) is 19.6 Å². The molecule has 5 rings (SSSR count). The first kappa shape index (κ1) is 55.2. The van der Waals surface area contributed by atoms with Crippen molar-refractivity contribution in [3.63, 3.8) is 0 Å². The molecule has 5 heterocycles. The van der Waals surface area contributed by atoms with E-state index in [9.17, 15) is 0 Å².